The average molecular weight is 280 g/mol. The molecule has 0 aliphatic heterocycles. The quantitative estimate of drug-likeness (QED) is 0.613. The second-order valence-corrected chi connectivity index (χ2v) is 4.75. The van der Waals surface area contributed by atoms with Gasteiger partial charge in [-0.15, -0.1) is 0 Å². The van der Waals surface area contributed by atoms with Crippen molar-refractivity contribution in [3.63, 3.8) is 0 Å². The van der Waals surface area contributed by atoms with E-state index < -0.39 is 0 Å². The molecule has 3 nitrogen and oxygen atoms in total. The van der Waals surface area contributed by atoms with E-state index in [-0.39, 0.29) is 0 Å². The summed E-state index contributed by atoms with van der Waals surface area (Å²) < 4.78 is 16.5. The van der Waals surface area contributed by atoms with Crippen molar-refractivity contribution in [3.8, 4) is 5.75 Å². The second-order valence-electron chi connectivity index (χ2n) is 4.75. The Hall–Kier alpha value is -1.06. The predicted molar refractivity (Wildman–Crippen MR) is 82.7 cm³/mol. The van der Waals surface area contributed by atoms with Gasteiger partial charge in [0.2, 0.25) is 0 Å². The number of rotatable bonds is 10. The van der Waals surface area contributed by atoms with Gasteiger partial charge < -0.3 is 14.2 Å². The Labute approximate surface area is 123 Å². The molecule has 20 heavy (non-hydrogen) atoms. The average Bonchev–Trinajstić information content (AvgIpc) is 2.47. The van der Waals surface area contributed by atoms with Crippen molar-refractivity contribution in [3.05, 3.63) is 28.8 Å². The number of aryl methyl sites for hydroxylation is 3. The molecule has 0 atom stereocenters. The molecule has 3 heteroatoms. The van der Waals surface area contributed by atoms with Gasteiger partial charge in [-0.2, -0.15) is 0 Å². The standard InChI is InChI=1S/C17H28O3/c1-5-15-13-17(16(6-2)12-14(15)4)20-11-10-19-9-8-18-7-3/h12-13H,5-11H2,1-4H3. The summed E-state index contributed by atoms with van der Waals surface area (Å²) in [6, 6.07) is 4.42. The molecule has 0 fully saturated rings. The van der Waals surface area contributed by atoms with Crippen LogP contribution in [0.25, 0.3) is 0 Å². The summed E-state index contributed by atoms with van der Waals surface area (Å²) in [7, 11) is 0. The van der Waals surface area contributed by atoms with Gasteiger partial charge in [-0.1, -0.05) is 19.9 Å². The van der Waals surface area contributed by atoms with Gasteiger partial charge in [0.15, 0.2) is 0 Å². The maximum absolute atomic E-state index is 5.87. The molecule has 1 aromatic rings. The van der Waals surface area contributed by atoms with Crippen molar-refractivity contribution in [1.82, 2.24) is 0 Å². The Balaban J connectivity index is 2.42. The van der Waals surface area contributed by atoms with E-state index in [1.54, 1.807) is 0 Å². The number of hydrogen-bond donors (Lipinski definition) is 0. The fraction of sp³-hybridized carbons (Fsp3) is 0.647. The Morgan fingerprint density at radius 1 is 0.800 bits per heavy atom. The molecule has 0 heterocycles. The van der Waals surface area contributed by atoms with Crippen LogP contribution in [0.15, 0.2) is 12.1 Å². The third-order valence-corrected chi connectivity index (χ3v) is 3.34. The fourth-order valence-corrected chi connectivity index (χ4v) is 2.16. The monoisotopic (exact) mass is 280 g/mol. The third-order valence-electron chi connectivity index (χ3n) is 3.34. The third kappa shape index (κ3) is 5.51. The normalized spacial score (nSPS) is 10.8. The van der Waals surface area contributed by atoms with Crippen molar-refractivity contribution in [2.24, 2.45) is 0 Å². The molecule has 0 bridgehead atoms. The lowest BCUT2D eigenvalue weighted by Gasteiger charge is -2.14. The molecule has 0 aliphatic rings. The Morgan fingerprint density at radius 3 is 2.10 bits per heavy atom. The van der Waals surface area contributed by atoms with Crippen molar-refractivity contribution in [2.45, 2.75) is 40.5 Å². The van der Waals surface area contributed by atoms with Gasteiger partial charge in [-0.05, 0) is 49.4 Å². The van der Waals surface area contributed by atoms with E-state index in [9.17, 15) is 0 Å². The van der Waals surface area contributed by atoms with Crippen LogP contribution in [-0.2, 0) is 22.3 Å². The smallest absolute Gasteiger partial charge is 0.122 e. The largest absolute Gasteiger partial charge is 0.491 e. The van der Waals surface area contributed by atoms with Crippen LogP contribution in [0.4, 0.5) is 0 Å². The van der Waals surface area contributed by atoms with Crippen molar-refractivity contribution in [1.29, 1.82) is 0 Å². The van der Waals surface area contributed by atoms with Gasteiger partial charge in [0.05, 0.1) is 19.8 Å². The summed E-state index contributed by atoms with van der Waals surface area (Å²) in [5, 5.41) is 0. The number of ether oxygens (including phenoxy) is 3. The highest BCUT2D eigenvalue weighted by molar-refractivity contribution is 5.42. The van der Waals surface area contributed by atoms with E-state index in [0.29, 0.717) is 26.4 Å². The summed E-state index contributed by atoms with van der Waals surface area (Å²) in [5.74, 6) is 1.00. The molecule has 0 saturated carbocycles. The number of hydrogen-bond acceptors (Lipinski definition) is 3. The van der Waals surface area contributed by atoms with Crippen LogP contribution in [0, 0.1) is 6.92 Å². The van der Waals surface area contributed by atoms with Crippen LogP contribution in [0.1, 0.15) is 37.5 Å². The number of benzene rings is 1. The van der Waals surface area contributed by atoms with E-state index in [1.807, 2.05) is 6.92 Å². The highest BCUT2D eigenvalue weighted by Gasteiger charge is 2.06. The highest BCUT2D eigenvalue weighted by atomic mass is 16.5. The van der Waals surface area contributed by atoms with E-state index in [4.69, 9.17) is 14.2 Å². The molecule has 0 aromatic heterocycles. The van der Waals surface area contributed by atoms with Gasteiger partial charge >= 0.3 is 0 Å². The van der Waals surface area contributed by atoms with Gasteiger partial charge in [0.1, 0.15) is 12.4 Å². The summed E-state index contributed by atoms with van der Waals surface area (Å²) in [6.07, 6.45) is 2.03. The first kappa shape index (κ1) is 17.0. The Kier molecular flexibility index (Phi) is 8.31. The maximum Gasteiger partial charge on any atom is 0.122 e. The van der Waals surface area contributed by atoms with Crippen molar-refractivity contribution >= 4 is 0 Å². The first-order valence-corrected chi connectivity index (χ1v) is 7.63. The van der Waals surface area contributed by atoms with Gasteiger partial charge in [-0.25, -0.2) is 0 Å². The molecular formula is C17H28O3. The molecule has 0 N–H and O–H groups in total. The molecule has 114 valence electrons. The topological polar surface area (TPSA) is 27.7 Å². The van der Waals surface area contributed by atoms with E-state index in [1.165, 1.54) is 16.7 Å². The summed E-state index contributed by atoms with van der Waals surface area (Å²) in [5.41, 5.74) is 3.98. The van der Waals surface area contributed by atoms with Crippen LogP contribution < -0.4 is 4.74 Å². The Morgan fingerprint density at radius 2 is 1.45 bits per heavy atom. The lowest BCUT2D eigenvalue weighted by Crippen LogP contribution is -2.11. The minimum atomic E-state index is 0.589. The molecule has 0 saturated heterocycles. The lowest BCUT2D eigenvalue weighted by molar-refractivity contribution is 0.0403. The minimum absolute atomic E-state index is 0.589. The molecule has 0 radical (unpaired) electrons. The summed E-state index contributed by atoms with van der Waals surface area (Å²) in [6.45, 7) is 11.7. The minimum Gasteiger partial charge on any atom is -0.491 e. The Bertz CT molecular complexity index is 388. The molecule has 0 spiro atoms. The van der Waals surface area contributed by atoms with Crippen molar-refractivity contribution < 1.29 is 14.2 Å². The van der Waals surface area contributed by atoms with Crippen LogP contribution in [0.3, 0.4) is 0 Å². The first-order valence-electron chi connectivity index (χ1n) is 7.63. The molecule has 1 aromatic carbocycles. The van der Waals surface area contributed by atoms with Crippen molar-refractivity contribution in [2.75, 3.05) is 33.0 Å². The zero-order valence-corrected chi connectivity index (χ0v) is 13.3. The highest BCUT2D eigenvalue weighted by Crippen LogP contribution is 2.24. The zero-order chi connectivity index (χ0) is 14.8. The second kappa shape index (κ2) is 9.78. The molecule has 1 rings (SSSR count). The fourth-order valence-electron chi connectivity index (χ4n) is 2.16. The van der Waals surface area contributed by atoms with Crippen LogP contribution >= 0.6 is 0 Å². The SMILES string of the molecule is CCOCCOCCOc1cc(CC)c(C)cc1CC. The van der Waals surface area contributed by atoms with Crippen LogP contribution in [0.2, 0.25) is 0 Å². The van der Waals surface area contributed by atoms with E-state index in [0.717, 1.165) is 25.2 Å². The van der Waals surface area contributed by atoms with E-state index in [2.05, 4.69) is 32.9 Å². The molecule has 0 unspecified atom stereocenters. The van der Waals surface area contributed by atoms with Gasteiger partial charge in [0.25, 0.3) is 0 Å². The summed E-state index contributed by atoms with van der Waals surface area (Å²) >= 11 is 0. The van der Waals surface area contributed by atoms with Crippen LogP contribution in [0.5, 0.6) is 5.75 Å². The zero-order valence-electron chi connectivity index (χ0n) is 13.3. The molecular weight excluding hydrogens is 252 g/mol. The van der Waals surface area contributed by atoms with Gasteiger partial charge in [0, 0.05) is 6.61 Å². The maximum atomic E-state index is 5.87. The lowest BCUT2D eigenvalue weighted by atomic mass is 10.0. The summed E-state index contributed by atoms with van der Waals surface area (Å²) in [4.78, 5) is 0. The first-order chi connectivity index (χ1) is 9.72. The molecule has 0 amide bonds. The molecule has 0 aliphatic carbocycles. The van der Waals surface area contributed by atoms with Gasteiger partial charge in [-0.3, -0.25) is 0 Å². The van der Waals surface area contributed by atoms with E-state index >= 15 is 0 Å². The predicted octanol–water partition coefficient (Wildman–Crippen LogP) is 3.55. The van der Waals surface area contributed by atoms with Crippen LogP contribution in [-0.4, -0.2) is 33.0 Å².